The number of hydrogen-bond acceptors (Lipinski definition) is 2. The van der Waals surface area contributed by atoms with Gasteiger partial charge in [0.25, 0.3) is 0 Å². The summed E-state index contributed by atoms with van der Waals surface area (Å²) in [5.41, 5.74) is 1.04. The van der Waals surface area contributed by atoms with Crippen LogP contribution in [0.3, 0.4) is 0 Å². The largest absolute Gasteiger partial charge is 0.388 e. The quantitative estimate of drug-likeness (QED) is 0.857. The molecular weight excluding hydrogens is 248 g/mol. The summed E-state index contributed by atoms with van der Waals surface area (Å²) in [5.74, 6) is -0.0734. The lowest BCUT2D eigenvalue weighted by molar-refractivity contribution is -0.121. The molecule has 1 aliphatic carbocycles. The van der Waals surface area contributed by atoms with Gasteiger partial charge in [-0.15, -0.1) is 0 Å². The zero-order chi connectivity index (χ0) is 14.4. The van der Waals surface area contributed by atoms with Gasteiger partial charge in [-0.05, 0) is 24.0 Å². The van der Waals surface area contributed by atoms with Gasteiger partial charge in [0.05, 0.1) is 12.0 Å². The maximum absolute atomic E-state index is 11.9. The van der Waals surface area contributed by atoms with Crippen molar-refractivity contribution in [1.29, 1.82) is 0 Å². The zero-order valence-corrected chi connectivity index (χ0v) is 11.9. The minimum Gasteiger partial charge on any atom is -0.388 e. The normalized spacial score (nSPS) is 23.6. The van der Waals surface area contributed by atoms with E-state index in [1.165, 1.54) is 0 Å². The van der Waals surface area contributed by atoms with E-state index in [-0.39, 0.29) is 17.6 Å². The highest BCUT2D eigenvalue weighted by molar-refractivity contribution is 5.95. The molecule has 0 aromatic heterocycles. The third kappa shape index (κ3) is 3.67. The van der Waals surface area contributed by atoms with E-state index in [9.17, 15) is 9.90 Å². The molecule has 0 saturated heterocycles. The summed E-state index contributed by atoms with van der Waals surface area (Å²) in [5, 5.41) is 10.3. The Morgan fingerprint density at radius 2 is 2.05 bits per heavy atom. The number of carbonyl (C=O) groups excluding carboxylic acids is 1. The van der Waals surface area contributed by atoms with Crippen LogP contribution in [-0.4, -0.2) is 17.0 Å². The number of benzene rings is 1. The molecule has 0 fully saturated rings. The molecule has 2 nitrogen and oxygen atoms in total. The Kier molecular flexibility index (Phi) is 5.31. The number of unbranched alkanes of at least 4 members (excludes halogenated alkanes) is 1. The van der Waals surface area contributed by atoms with Gasteiger partial charge in [-0.1, -0.05) is 68.3 Å². The van der Waals surface area contributed by atoms with Crippen molar-refractivity contribution in [2.24, 2.45) is 11.8 Å². The van der Waals surface area contributed by atoms with Crippen molar-refractivity contribution >= 4 is 11.9 Å². The third-order valence-electron chi connectivity index (χ3n) is 3.84. The van der Waals surface area contributed by atoms with Gasteiger partial charge in [-0.3, -0.25) is 4.79 Å². The van der Waals surface area contributed by atoms with Crippen molar-refractivity contribution in [2.75, 3.05) is 0 Å². The molecule has 0 saturated carbocycles. The van der Waals surface area contributed by atoms with Gasteiger partial charge in [0.1, 0.15) is 0 Å². The summed E-state index contributed by atoms with van der Waals surface area (Å²) in [6, 6.07) is 9.83. The number of rotatable bonds is 6. The molecular formula is C18H22O2. The van der Waals surface area contributed by atoms with Crippen LogP contribution in [0.2, 0.25) is 0 Å². The Morgan fingerprint density at radius 1 is 1.30 bits per heavy atom. The summed E-state index contributed by atoms with van der Waals surface area (Å²) in [7, 11) is 0. The standard InChI is InChI=1S/C18H22O2/c1-2-3-9-15-11-13-17(20)18(15)16(19)12-10-14-7-5-4-6-8-14/h4-8,10-13,15-16,18-19H,2-3,9H2,1H3/b12-10+. The van der Waals surface area contributed by atoms with Crippen LogP contribution in [0, 0.1) is 11.8 Å². The van der Waals surface area contributed by atoms with E-state index in [2.05, 4.69) is 6.92 Å². The monoisotopic (exact) mass is 270 g/mol. The topological polar surface area (TPSA) is 37.3 Å². The van der Waals surface area contributed by atoms with E-state index in [0.717, 1.165) is 24.8 Å². The van der Waals surface area contributed by atoms with Crippen molar-refractivity contribution in [1.82, 2.24) is 0 Å². The maximum atomic E-state index is 11.9. The van der Waals surface area contributed by atoms with Crippen molar-refractivity contribution in [3.05, 3.63) is 54.1 Å². The number of aliphatic hydroxyl groups is 1. The van der Waals surface area contributed by atoms with Gasteiger partial charge >= 0.3 is 0 Å². The zero-order valence-electron chi connectivity index (χ0n) is 11.9. The second kappa shape index (κ2) is 7.20. The van der Waals surface area contributed by atoms with Crippen molar-refractivity contribution < 1.29 is 9.90 Å². The molecule has 0 amide bonds. The fraction of sp³-hybridized carbons (Fsp3) is 0.389. The van der Waals surface area contributed by atoms with E-state index in [4.69, 9.17) is 0 Å². The molecule has 1 aliphatic rings. The Balaban J connectivity index is 2.01. The second-order valence-corrected chi connectivity index (χ2v) is 5.35. The lowest BCUT2D eigenvalue weighted by Crippen LogP contribution is -2.28. The molecule has 3 atom stereocenters. The second-order valence-electron chi connectivity index (χ2n) is 5.35. The summed E-state index contributed by atoms with van der Waals surface area (Å²) in [4.78, 5) is 11.9. The molecule has 20 heavy (non-hydrogen) atoms. The number of hydrogen-bond donors (Lipinski definition) is 1. The van der Waals surface area contributed by atoms with Crippen LogP contribution in [0.15, 0.2) is 48.6 Å². The molecule has 2 rings (SSSR count). The first-order chi connectivity index (χ1) is 9.72. The maximum Gasteiger partial charge on any atom is 0.161 e. The van der Waals surface area contributed by atoms with Crippen molar-refractivity contribution in [3.63, 3.8) is 0 Å². The average molecular weight is 270 g/mol. The molecule has 0 aliphatic heterocycles. The number of carbonyl (C=O) groups is 1. The van der Waals surface area contributed by atoms with E-state index in [0.29, 0.717) is 0 Å². The highest BCUT2D eigenvalue weighted by atomic mass is 16.3. The Bertz CT molecular complexity index is 487. The molecule has 1 aromatic carbocycles. The number of ketones is 1. The fourth-order valence-electron chi connectivity index (χ4n) is 2.69. The van der Waals surface area contributed by atoms with Gasteiger partial charge in [0.2, 0.25) is 0 Å². The average Bonchev–Trinajstić information content (AvgIpc) is 2.84. The van der Waals surface area contributed by atoms with Crippen LogP contribution in [0.4, 0.5) is 0 Å². The lowest BCUT2D eigenvalue weighted by atomic mass is 9.85. The number of allylic oxidation sites excluding steroid dienone is 2. The molecule has 106 valence electrons. The Labute approximate surface area is 120 Å². The SMILES string of the molecule is CCCCC1C=CC(=O)C1C(O)/C=C/c1ccccc1. The highest BCUT2D eigenvalue weighted by Gasteiger charge is 2.34. The third-order valence-corrected chi connectivity index (χ3v) is 3.84. The fourth-order valence-corrected chi connectivity index (χ4v) is 2.69. The summed E-state index contributed by atoms with van der Waals surface area (Å²) < 4.78 is 0. The van der Waals surface area contributed by atoms with E-state index < -0.39 is 6.10 Å². The van der Waals surface area contributed by atoms with Gasteiger partial charge in [0.15, 0.2) is 5.78 Å². The minimum atomic E-state index is -0.709. The van der Waals surface area contributed by atoms with E-state index in [1.54, 1.807) is 12.2 Å². The molecule has 0 bridgehead atoms. The van der Waals surface area contributed by atoms with Gasteiger partial charge in [0, 0.05) is 0 Å². The molecule has 2 heteroatoms. The van der Waals surface area contributed by atoms with Crippen LogP contribution in [-0.2, 0) is 4.79 Å². The first-order valence-corrected chi connectivity index (χ1v) is 7.35. The predicted octanol–water partition coefficient (Wildman–Crippen LogP) is 3.62. The van der Waals surface area contributed by atoms with E-state index >= 15 is 0 Å². The first kappa shape index (κ1) is 14.7. The van der Waals surface area contributed by atoms with Crippen LogP contribution in [0.1, 0.15) is 31.7 Å². The first-order valence-electron chi connectivity index (χ1n) is 7.35. The Morgan fingerprint density at radius 3 is 2.75 bits per heavy atom. The highest BCUT2D eigenvalue weighted by Crippen LogP contribution is 2.30. The molecule has 3 unspecified atom stereocenters. The predicted molar refractivity (Wildman–Crippen MR) is 82.1 cm³/mol. The molecule has 1 aromatic rings. The smallest absolute Gasteiger partial charge is 0.161 e. The lowest BCUT2D eigenvalue weighted by Gasteiger charge is -2.21. The molecule has 0 heterocycles. The summed E-state index contributed by atoms with van der Waals surface area (Å²) in [6.45, 7) is 2.14. The molecule has 0 radical (unpaired) electrons. The number of aliphatic hydroxyl groups excluding tert-OH is 1. The van der Waals surface area contributed by atoms with Crippen molar-refractivity contribution in [2.45, 2.75) is 32.3 Å². The summed E-state index contributed by atoms with van der Waals surface area (Å²) in [6.07, 6.45) is 9.68. The summed E-state index contributed by atoms with van der Waals surface area (Å²) >= 11 is 0. The van der Waals surface area contributed by atoms with Gasteiger partial charge < -0.3 is 5.11 Å². The van der Waals surface area contributed by atoms with E-state index in [1.807, 2.05) is 42.5 Å². The molecule has 1 N–H and O–H groups in total. The van der Waals surface area contributed by atoms with Crippen LogP contribution in [0.25, 0.3) is 6.08 Å². The Hall–Kier alpha value is -1.67. The van der Waals surface area contributed by atoms with Crippen LogP contribution in [0.5, 0.6) is 0 Å². The molecule has 0 spiro atoms. The van der Waals surface area contributed by atoms with Crippen LogP contribution < -0.4 is 0 Å². The van der Waals surface area contributed by atoms with Crippen molar-refractivity contribution in [3.8, 4) is 0 Å². The minimum absolute atomic E-state index is 0.0521. The van der Waals surface area contributed by atoms with Crippen LogP contribution >= 0.6 is 0 Å². The van der Waals surface area contributed by atoms with Gasteiger partial charge in [-0.25, -0.2) is 0 Å². The van der Waals surface area contributed by atoms with Gasteiger partial charge in [-0.2, -0.15) is 0 Å².